The minimum atomic E-state index is -0.453. The van der Waals surface area contributed by atoms with E-state index in [1.165, 1.54) is 12.1 Å². The van der Waals surface area contributed by atoms with Crippen LogP contribution >= 0.6 is 11.6 Å². The summed E-state index contributed by atoms with van der Waals surface area (Å²) in [6.45, 7) is 0. The average molecular weight is 248 g/mol. The molecule has 0 aliphatic carbocycles. The summed E-state index contributed by atoms with van der Waals surface area (Å²) in [4.78, 5) is 4.02. The van der Waals surface area contributed by atoms with Crippen molar-refractivity contribution < 1.29 is 4.39 Å². The van der Waals surface area contributed by atoms with Gasteiger partial charge in [0.25, 0.3) is 0 Å². The van der Waals surface area contributed by atoms with Crippen molar-refractivity contribution in [3.05, 3.63) is 52.9 Å². The molecular formula is C12H7ClFN3. The van der Waals surface area contributed by atoms with Gasteiger partial charge in [-0.3, -0.25) is 0 Å². The molecule has 0 bridgehead atoms. The van der Waals surface area contributed by atoms with Crippen molar-refractivity contribution in [3.8, 4) is 6.07 Å². The van der Waals surface area contributed by atoms with E-state index in [0.717, 1.165) is 6.07 Å². The van der Waals surface area contributed by atoms with Crippen molar-refractivity contribution in [2.75, 3.05) is 5.32 Å². The number of anilines is 2. The van der Waals surface area contributed by atoms with Crippen molar-refractivity contribution in [1.29, 1.82) is 5.26 Å². The molecule has 0 fully saturated rings. The predicted octanol–water partition coefficient (Wildman–Crippen LogP) is 3.49. The lowest BCUT2D eigenvalue weighted by atomic mass is 10.2. The number of pyridine rings is 1. The Kier molecular flexibility index (Phi) is 3.22. The molecule has 1 aromatic carbocycles. The summed E-state index contributed by atoms with van der Waals surface area (Å²) in [6.07, 6.45) is 0. The van der Waals surface area contributed by atoms with Crippen LogP contribution in [0.1, 0.15) is 5.56 Å². The Labute approximate surface area is 102 Å². The highest BCUT2D eigenvalue weighted by atomic mass is 35.5. The summed E-state index contributed by atoms with van der Waals surface area (Å²) in [5, 5.41) is 12.1. The molecule has 1 heterocycles. The monoisotopic (exact) mass is 247 g/mol. The SMILES string of the molecule is N#Cc1cc(F)ccc1Nc1cccc(Cl)n1. The van der Waals surface area contributed by atoms with E-state index in [4.69, 9.17) is 16.9 Å². The van der Waals surface area contributed by atoms with Gasteiger partial charge in [-0.05, 0) is 30.3 Å². The molecule has 1 N–H and O–H groups in total. The zero-order chi connectivity index (χ0) is 12.3. The fraction of sp³-hybridized carbons (Fsp3) is 0. The van der Waals surface area contributed by atoms with Crippen LogP contribution in [0.3, 0.4) is 0 Å². The number of benzene rings is 1. The maximum atomic E-state index is 12.9. The third-order valence-corrected chi connectivity index (χ3v) is 2.29. The van der Waals surface area contributed by atoms with Gasteiger partial charge in [0.1, 0.15) is 22.9 Å². The summed E-state index contributed by atoms with van der Waals surface area (Å²) in [5.74, 6) is 0.0479. The smallest absolute Gasteiger partial charge is 0.132 e. The summed E-state index contributed by atoms with van der Waals surface area (Å²) >= 11 is 5.73. The van der Waals surface area contributed by atoms with Crippen LogP contribution in [0.4, 0.5) is 15.9 Å². The van der Waals surface area contributed by atoms with Crippen LogP contribution in [0.15, 0.2) is 36.4 Å². The van der Waals surface area contributed by atoms with Crippen LogP contribution in [0.2, 0.25) is 5.15 Å². The van der Waals surface area contributed by atoms with Crippen LogP contribution < -0.4 is 5.32 Å². The van der Waals surface area contributed by atoms with Gasteiger partial charge >= 0.3 is 0 Å². The largest absolute Gasteiger partial charge is 0.339 e. The molecule has 0 unspecified atom stereocenters. The van der Waals surface area contributed by atoms with E-state index in [1.54, 1.807) is 18.2 Å². The lowest BCUT2D eigenvalue weighted by Gasteiger charge is -2.07. The topological polar surface area (TPSA) is 48.7 Å². The number of nitrogens with zero attached hydrogens (tertiary/aromatic N) is 2. The molecule has 0 saturated heterocycles. The minimum Gasteiger partial charge on any atom is -0.339 e. The van der Waals surface area contributed by atoms with Crippen LogP contribution in [-0.4, -0.2) is 4.98 Å². The number of nitrogens with one attached hydrogen (secondary N) is 1. The quantitative estimate of drug-likeness (QED) is 0.827. The normalized spacial score (nSPS) is 9.71. The van der Waals surface area contributed by atoms with Gasteiger partial charge in [-0.2, -0.15) is 5.26 Å². The van der Waals surface area contributed by atoms with E-state index in [2.05, 4.69) is 10.3 Å². The van der Waals surface area contributed by atoms with Gasteiger partial charge in [-0.1, -0.05) is 17.7 Å². The summed E-state index contributed by atoms with van der Waals surface area (Å²) < 4.78 is 12.9. The molecule has 1 aromatic heterocycles. The molecule has 3 nitrogen and oxygen atoms in total. The second kappa shape index (κ2) is 4.81. The number of nitriles is 1. The number of halogens is 2. The van der Waals surface area contributed by atoms with Gasteiger partial charge in [-0.15, -0.1) is 0 Å². The Morgan fingerprint density at radius 2 is 2.12 bits per heavy atom. The lowest BCUT2D eigenvalue weighted by molar-refractivity contribution is 0.627. The van der Waals surface area contributed by atoms with Gasteiger partial charge in [0.05, 0.1) is 11.3 Å². The van der Waals surface area contributed by atoms with Crippen LogP contribution in [-0.2, 0) is 0 Å². The third-order valence-electron chi connectivity index (χ3n) is 2.08. The molecule has 0 radical (unpaired) electrons. The fourth-order valence-electron chi connectivity index (χ4n) is 1.33. The Bertz CT molecular complexity index is 593. The molecule has 0 saturated carbocycles. The summed E-state index contributed by atoms with van der Waals surface area (Å²) in [6, 6.07) is 10.9. The van der Waals surface area contributed by atoms with E-state index >= 15 is 0 Å². The second-order valence-electron chi connectivity index (χ2n) is 3.27. The van der Waals surface area contributed by atoms with Crippen LogP contribution in [0, 0.1) is 17.1 Å². The van der Waals surface area contributed by atoms with Crippen LogP contribution in [0.5, 0.6) is 0 Å². The maximum Gasteiger partial charge on any atom is 0.132 e. The first-order valence-electron chi connectivity index (χ1n) is 4.78. The Balaban J connectivity index is 2.34. The molecule has 17 heavy (non-hydrogen) atoms. The molecule has 0 atom stereocenters. The minimum absolute atomic E-state index is 0.215. The molecule has 84 valence electrons. The predicted molar refractivity (Wildman–Crippen MR) is 63.6 cm³/mol. The molecule has 2 aromatic rings. The van der Waals surface area contributed by atoms with Gasteiger partial charge < -0.3 is 5.32 Å². The number of rotatable bonds is 2. The molecule has 0 spiro atoms. The van der Waals surface area contributed by atoms with Crippen molar-refractivity contribution in [2.24, 2.45) is 0 Å². The van der Waals surface area contributed by atoms with E-state index in [1.807, 2.05) is 6.07 Å². The Morgan fingerprint density at radius 3 is 2.82 bits per heavy atom. The summed E-state index contributed by atoms with van der Waals surface area (Å²) in [7, 11) is 0. The van der Waals surface area contributed by atoms with Crippen molar-refractivity contribution in [3.63, 3.8) is 0 Å². The van der Waals surface area contributed by atoms with Gasteiger partial charge in [-0.25, -0.2) is 9.37 Å². The zero-order valence-electron chi connectivity index (χ0n) is 8.61. The molecule has 0 aliphatic rings. The first kappa shape index (κ1) is 11.4. The molecular weight excluding hydrogens is 241 g/mol. The van der Waals surface area contributed by atoms with Crippen molar-refractivity contribution >= 4 is 23.1 Å². The lowest BCUT2D eigenvalue weighted by Crippen LogP contribution is -1.96. The standard InChI is InChI=1S/C12H7ClFN3/c13-11-2-1-3-12(17-11)16-10-5-4-9(14)6-8(10)7-15/h1-6H,(H,16,17). The van der Waals surface area contributed by atoms with Gasteiger partial charge in [0.15, 0.2) is 0 Å². The highest BCUT2D eigenvalue weighted by molar-refractivity contribution is 6.29. The van der Waals surface area contributed by atoms with E-state index in [0.29, 0.717) is 16.7 Å². The molecule has 0 aliphatic heterocycles. The van der Waals surface area contributed by atoms with E-state index in [9.17, 15) is 4.39 Å². The number of hydrogen-bond donors (Lipinski definition) is 1. The highest BCUT2D eigenvalue weighted by Crippen LogP contribution is 2.21. The Hall–Kier alpha value is -2.12. The highest BCUT2D eigenvalue weighted by Gasteiger charge is 2.04. The first-order chi connectivity index (χ1) is 8.19. The zero-order valence-corrected chi connectivity index (χ0v) is 9.37. The molecule has 0 amide bonds. The van der Waals surface area contributed by atoms with E-state index < -0.39 is 5.82 Å². The number of hydrogen-bond acceptors (Lipinski definition) is 3. The molecule has 5 heteroatoms. The first-order valence-corrected chi connectivity index (χ1v) is 5.16. The van der Waals surface area contributed by atoms with Crippen LogP contribution in [0.25, 0.3) is 0 Å². The van der Waals surface area contributed by atoms with Crippen molar-refractivity contribution in [2.45, 2.75) is 0 Å². The van der Waals surface area contributed by atoms with Gasteiger partial charge in [0, 0.05) is 0 Å². The fourth-order valence-corrected chi connectivity index (χ4v) is 1.50. The van der Waals surface area contributed by atoms with Gasteiger partial charge in [0.2, 0.25) is 0 Å². The Morgan fingerprint density at radius 1 is 1.29 bits per heavy atom. The molecule has 2 rings (SSSR count). The third kappa shape index (κ3) is 2.71. The van der Waals surface area contributed by atoms with Crippen molar-refractivity contribution in [1.82, 2.24) is 4.98 Å². The maximum absolute atomic E-state index is 12.9. The summed E-state index contributed by atoms with van der Waals surface area (Å²) in [5.41, 5.74) is 0.704. The van der Waals surface area contributed by atoms with E-state index in [-0.39, 0.29) is 5.56 Å². The average Bonchev–Trinajstić information content (AvgIpc) is 2.31. The number of aromatic nitrogens is 1. The second-order valence-corrected chi connectivity index (χ2v) is 3.66.